The summed E-state index contributed by atoms with van der Waals surface area (Å²) in [6, 6.07) is 0.617. The molecule has 0 atom stereocenters. The summed E-state index contributed by atoms with van der Waals surface area (Å²) in [4.78, 5) is 4.62. The average molecular weight is 277 g/mol. The Labute approximate surface area is 121 Å². The number of hydrogen-bond acceptors (Lipinski definition) is 3. The molecule has 112 valence electrons. The normalized spacial score (nSPS) is 20.9. The van der Waals surface area contributed by atoms with Gasteiger partial charge in [-0.15, -0.1) is 0 Å². The number of aromatic nitrogens is 2. The second-order valence-electron chi connectivity index (χ2n) is 6.30. The van der Waals surface area contributed by atoms with Crippen LogP contribution in [0.15, 0.2) is 6.20 Å². The first-order valence-corrected chi connectivity index (χ1v) is 8.23. The van der Waals surface area contributed by atoms with Gasteiger partial charge in [-0.1, -0.05) is 25.7 Å². The fourth-order valence-corrected chi connectivity index (χ4v) is 3.46. The molecule has 20 heavy (non-hydrogen) atoms. The summed E-state index contributed by atoms with van der Waals surface area (Å²) in [5.41, 5.74) is 1.09. The van der Waals surface area contributed by atoms with Gasteiger partial charge >= 0.3 is 0 Å². The number of nitrogens with one attached hydrogen (secondary N) is 1. The van der Waals surface area contributed by atoms with Crippen LogP contribution in [0.25, 0.3) is 0 Å². The largest absolute Gasteiger partial charge is 0.376 e. The van der Waals surface area contributed by atoms with E-state index in [1.165, 1.54) is 51.4 Å². The number of imidazole rings is 1. The van der Waals surface area contributed by atoms with E-state index in [9.17, 15) is 0 Å². The predicted octanol–water partition coefficient (Wildman–Crippen LogP) is 3.51. The van der Waals surface area contributed by atoms with Crippen molar-refractivity contribution in [3.05, 3.63) is 11.9 Å². The van der Waals surface area contributed by atoms with E-state index in [0.29, 0.717) is 12.1 Å². The fraction of sp³-hybridized carbons (Fsp3) is 0.812. The van der Waals surface area contributed by atoms with Gasteiger partial charge in [-0.05, 0) is 32.6 Å². The van der Waals surface area contributed by atoms with Crippen molar-refractivity contribution in [3.63, 3.8) is 0 Å². The smallest absolute Gasteiger partial charge is 0.203 e. The average Bonchev–Trinajstić information content (AvgIpc) is 3.13. The molecule has 0 spiro atoms. The van der Waals surface area contributed by atoms with Crippen LogP contribution in [-0.4, -0.2) is 28.3 Å². The summed E-state index contributed by atoms with van der Waals surface area (Å²) in [6.45, 7) is 3.78. The van der Waals surface area contributed by atoms with Crippen molar-refractivity contribution >= 4 is 5.95 Å². The summed E-state index contributed by atoms with van der Waals surface area (Å²) >= 11 is 0. The number of nitrogens with zero attached hydrogens (tertiary/aromatic N) is 2. The number of aryl methyl sites for hydroxylation is 1. The highest BCUT2D eigenvalue weighted by Gasteiger charge is 2.18. The molecule has 2 aliphatic rings. The Morgan fingerprint density at radius 2 is 1.90 bits per heavy atom. The zero-order valence-corrected chi connectivity index (χ0v) is 12.6. The molecule has 2 saturated carbocycles. The van der Waals surface area contributed by atoms with Crippen LogP contribution >= 0.6 is 0 Å². The molecule has 0 aliphatic heterocycles. The Kier molecular flexibility index (Phi) is 4.61. The molecule has 0 unspecified atom stereocenters. The van der Waals surface area contributed by atoms with E-state index < -0.39 is 0 Å². The second-order valence-corrected chi connectivity index (χ2v) is 6.30. The van der Waals surface area contributed by atoms with Crippen LogP contribution in [0.4, 0.5) is 5.95 Å². The molecule has 1 aromatic heterocycles. The fourth-order valence-electron chi connectivity index (χ4n) is 3.46. The third kappa shape index (κ3) is 3.54. The maximum Gasteiger partial charge on any atom is 0.203 e. The zero-order valence-electron chi connectivity index (χ0n) is 12.6. The highest BCUT2D eigenvalue weighted by atomic mass is 16.5. The van der Waals surface area contributed by atoms with Crippen molar-refractivity contribution in [2.45, 2.75) is 77.0 Å². The van der Waals surface area contributed by atoms with Crippen LogP contribution in [0.5, 0.6) is 0 Å². The van der Waals surface area contributed by atoms with E-state index >= 15 is 0 Å². The van der Waals surface area contributed by atoms with Gasteiger partial charge in [-0.2, -0.15) is 0 Å². The third-order valence-corrected chi connectivity index (χ3v) is 4.57. The van der Waals surface area contributed by atoms with Crippen LogP contribution in [0, 0.1) is 6.92 Å². The highest BCUT2D eigenvalue weighted by molar-refractivity contribution is 5.30. The van der Waals surface area contributed by atoms with Gasteiger partial charge in [0.1, 0.15) is 0 Å². The molecule has 1 aromatic rings. The zero-order chi connectivity index (χ0) is 13.8. The minimum absolute atomic E-state index is 0.505. The molecule has 1 N–H and O–H groups in total. The maximum atomic E-state index is 5.96. The van der Waals surface area contributed by atoms with Crippen molar-refractivity contribution < 1.29 is 4.74 Å². The topological polar surface area (TPSA) is 39.1 Å². The quantitative estimate of drug-likeness (QED) is 0.865. The molecule has 1 heterocycles. The minimum Gasteiger partial charge on any atom is -0.376 e. The summed E-state index contributed by atoms with van der Waals surface area (Å²) in [7, 11) is 0. The molecule has 0 amide bonds. The first-order chi connectivity index (χ1) is 9.81. The van der Waals surface area contributed by atoms with Crippen molar-refractivity contribution in [2.75, 3.05) is 11.9 Å². The van der Waals surface area contributed by atoms with E-state index in [4.69, 9.17) is 4.74 Å². The second kappa shape index (κ2) is 6.61. The number of rotatable bonds is 6. The molecular weight excluding hydrogens is 250 g/mol. The first kappa shape index (κ1) is 13.9. The third-order valence-electron chi connectivity index (χ3n) is 4.57. The Bertz CT molecular complexity index is 417. The minimum atomic E-state index is 0.505. The van der Waals surface area contributed by atoms with Crippen molar-refractivity contribution in [3.8, 4) is 0 Å². The standard InChI is InChI=1S/C16H27N3O/c1-13-12-19(10-11-20-15-8-4-5-9-15)16(17-13)18-14-6-2-3-7-14/h12,14-15H,2-11H2,1H3,(H,17,18). The van der Waals surface area contributed by atoms with Crippen LogP contribution in [-0.2, 0) is 11.3 Å². The molecular formula is C16H27N3O. The summed E-state index contributed by atoms with van der Waals surface area (Å²) in [6.07, 6.45) is 13.1. The van der Waals surface area contributed by atoms with Crippen LogP contribution < -0.4 is 5.32 Å². The lowest BCUT2D eigenvalue weighted by Crippen LogP contribution is -2.20. The van der Waals surface area contributed by atoms with Crippen LogP contribution in [0.2, 0.25) is 0 Å². The Hall–Kier alpha value is -1.03. The Balaban J connectivity index is 1.51. The molecule has 3 rings (SSSR count). The number of ether oxygens (including phenoxy) is 1. The first-order valence-electron chi connectivity index (χ1n) is 8.23. The molecule has 0 radical (unpaired) electrons. The van der Waals surface area contributed by atoms with Gasteiger partial charge in [0.15, 0.2) is 0 Å². The van der Waals surface area contributed by atoms with Crippen LogP contribution in [0.1, 0.15) is 57.1 Å². The van der Waals surface area contributed by atoms with Crippen molar-refractivity contribution in [1.82, 2.24) is 9.55 Å². The monoisotopic (exact) mass is 277 g/mol. The van der Waals surface area contributed by atoms with Gasteiger partial charge in [0, 0.05) is 18.8 Å². The number of hydrogen-bond donors (Lipinski definition) is 1. The van der Waals surface area contributed by atoms with E-state index in [2.05, 4.69) is 28.0 Å². The summed E-state index contributed by atoms with van der Waals surface area (Å²) < 4.78 is 8.19. The molecule has 0 bridgehead atoms. The molecule has 4 nitrogen and oxygen atoms in total. The lowest BCUT2D eigenvalue weighted by atomic mass is 10.2. The van der Waals surface area contributed by atoms with Gasteiger partial charge in [0.2, 0.25) is 5.95 Å². The van der Waals surface area contributed by atoms with Gasteiger partial charge in [0.05, 0.1) is 18.4 Å². The van der Waals surface area contributed by atoms with Crippen molar-refractivity contribution in [2.24, 2.45) is 0 Å². The van der Waals surface area contributed by atoms with Crippen molar-refractivity contribution in [1.29, 1.82) is 0 Å². The van der Waals surface area contributed by atoms with Gasteiger partial charge < -0.3 is 14.6 Å². The molecule has 0 aromatic carbocycles. The molecule has 0 saturated heterocycles. The van der Waals surface area contributed by atoms with Gasteiger partial charge in [-0.3, -0.25) is 0 Å². The van der Waals surface area contributed by atoms with E-state index in [1.54, 1.807) is 0 Å². The highest BCUT2D eigenvalue weighted by Crippen LogP contribution is 2.23. The summed E-state index contributed by atoms with van der Waals surface area (Å²) in [5.74, 6) is 1.03. The maximum absolute atomic E-state index is 5.96. The molecule has 2 fully saturated rings. The summed E-state index contributed by atoms with van der Waals surface area (Å²) in [5, 5.41) is 3.61. The number of anilines is 1. The lowest BCUT2D eigenvalue weighted by molar-refractivity contribution is 0.0532. The predicted molar refractivity (Wildman–Crippen MR) is 81.1 cm³/mol. The van der Waals surface area contributed by atoms with Crippen LogP contribution in [0.3, 0.4) is 0 Å². The van der Waals surface area contributed by atoms with E-state index in [-0.39, 0.29) is 0 Å². The van der Waals surface area contributed by atoms with E-state index in [1.807, 2.05) is 0 Å². The molecule has 2 aliphatic carbocycles. The Morgan fingerprint density at radius 1 is 1.20 bits per heavy atom. The van der Waals surface area contributed by atoms with E-state index in [0.717, 1.165) is 24.8 Å². The van der Waals surface area contributed by atoms with Gasteiger partial charge in [0.25, 0.3) is 0 Å². The van der Waals surface area contributed by atoms with Gasteiger partial charge in [-0.25, -0.2) is 4.98 Å². The molecule has 4 heteroatoms. The SMILES string of the molecule is Cc1cn(CCOC2CCCC2)c(NC2CCCC2)n1. The lowest BCUT2D eigenvalue weighted by Gasteiger charge is -2.16. The Morgan fingerprint density at radius 3 is 2.65 bits per heavy atom.